The zero-order chi connectivity index (χ0) is 22.5. The molecule has 11 heteroatoms. The molecule has 0 spiro atoms. The van der Waals surface area contributed by atoms with Crippen LogP contribution in [0.15, 0.2) is 42.4 Å². The summed E-state index contributed by atoms with van der Waals surface area (Å²) in [4.78, 5) is 25.8. The quantitative estimate of drug-likeness (QED) is 0.444. The van der Waals surface area contributed by atoms with E-state index in [1.807, 2.05) is 12.1 Å². The van der Waals surface area contributed by atoms with Gasteiger partial charge in [0, 0.05) is 41.0 Å². The van der Waals surface area contributed by atoms with Gasteiger partial charge >= 0.3 is 0 Å². The highest BCUT2D eigenvalue weighted by Crippen LogP contribution is 2.34. The molecule has 4 rings (SSSR count). The van der Waals surface area contributed by atoms with Gasteiger partial charge in [-0.2, -0.15) is 15.4 Å². The fourth-order valence-electron chi connectivity index (χ4n) is 3.32. The standard InChI is InChI=1S/C21H21FN6O3S/c1-13(30)24-9-16-11-28(21(12-29)31-16)15-2-4-18(19(22)6-15)20-5-3-17(32-20)10-23-7-14-8-25-27-26-14/h2-6,8,16,23H,7,9-11H2,1H3,(H,24,30)(H,25,26,27)/t16-/m0/s1. The monoisotopic (exact) mass is 456 g/mol. The normalized spacial score (nSPS) is 15.5. The van der Waals surface area contributed by atoms with E-state index in [0.29, 0.717) is 30.9 Å². The highest BCUT2D eigenvalue weighted by molar-refractivity contribution is 7.15. The smallest absolute Gasteiger partial charge is 0.283 e. The minimum atomic E-state index is -0.414. The average molecular weight is 457 g/mol. The van der Waals surface area contributed by atoms with Crippen LogP contribution in [0.2, 0.25) is 0 Å². The number of carbonyl (C=O) groups is 1. The van der Waals surface area contributed by atoms with Crippen LogP contribution in [0.5, 0.6) is 0 Å². The van der Waals surface area contributed by atoms with Gasteiger partial charge in [-0.3, -0.25) is 9.69 Å². The van der Waals surface area contributed by atoms with Crippen LogP contribution < -0.4 is 15.5 Å². The number of nitrogens with one attached hydrogen (secondary N) is 3. The number of hydrogen-bond donors (Lipinski definition) is 3. The van der Waals surface area contributed by atoms with Gasteiger partial charge in [0.05, 0.1) is 25.0 Å². The molecule has 1 fully saturated rings. The summed E-state index contributed by atoms with van der Waals surface area (Å²) >= 11 is 1.50. The van der Waals surface area contributed by atoms with Crippen LogP contribution in [0.4, 0.5) is 10.1 Å². The van der Waals surface area contributed by atoms with Gasteiger partial charge in [-0.05, 0) is 30.3 Å². The summed E-state index contributed by atoms with van der Waals surface area (Å²) in [5.41, 5.74) is 1.78. The number of benzene rings is 1. The highest BCUT2D eigenvalue weighted by atomic mass is 32.1. The van der Waals surface area contributed by atoms with Gasteiger partial charge in [0.15, 0.2) is 5.94 Å². The first-order valence-electron chi connectivity index (χ1n) is 9.91. The maximum Gasteiger partial charge on any atom is 0.283 e. The molecule has 32 heavy (non-hydrogen) atoms. The van der Waals surface area contributed by atoms with Gasteiger partial charge in [-0.1, -0.05) is 0 Å². The third-order valence-corrected chi connectivity index (χ3v) is 5.96. The lowest BCUT2D eigenvalue weighted by atomic mass is 10.1. The predicted octanol–water partition coefficient (Wildman–Crippen LogP) is 1.98. The number of H-pyrrole nitrogens is 1. The second-order valence-corrected chi connectivity index (χ2v) is 8.36. The Morgan fingerprint density at radius 2 is 2.25 bits per heavy atom. The van der Waals surface area contributed by atoms with Crippen LogP contribution in [-0.4, -0.2) is 46.5 Å². The average Bonchev–Trinajstić information content (AvgIpc) is 3.53. The largest absolute Gasteiger partial charge is 0.464 e. The van der Waals surface area contributed by atoms with E-state index in [0.717, 1.165) is 15.4 Å². The number of nitrogens with zero attached hydrogens (tertiary/aromatic N) is 3. The molecule has 166 valence electrons. The maximum atomic E-state index is 15.0. The molecule has 3 heterocycles. The summed E-state index contributed by atoms with van der Waals surface area (Å²) in [6.45, 7) is 3.18. The molecule has 0 saturated carbocycles. The Morgan fingerprint density at radius 1 is 1.38 bits per heavy atom. The number of ether oxygens (including phenoxy) is 1. The van der Waals surface area contributed by atoms with Crippen molar-refractivity contribution in [3.05, 3.63) is 58.8 Å². The molecule has 0 radical (unpaired) electrons. The van der Waals surface area contributed by atoms with E-state index in [4.69, 9.17) is 4.74 Å². The van der Waals surface area contributed by atoms with Gasteiger partial charge in [0.2, 0.25) is 5.91 Å². The molecule has 1 aliphatic heterocycles. The Morgan fingerprint density at radius 3 is 2.97 bits per heavy atom. The van der Waals surface area contributed by atoms with Crippen molar-refractivity contribution in [1.29, 1.82) is 0 Å². The Kier molecular flexibility index (Phi) is 6.60. The molecule has 1 aliphatic rings. The van der Waals surface area contributed by atoms with E-state index < -0.39 is 11.9 Å². The van der Waals surface area contributed by atoms with Crippen molar-refractivity contribution in [3.8, 4) is 10.4 Å². The molecule has 0 bridgehead atoms. The molecule has 3 N–H and O–H groups in total. The minimum Gasteiger partial charge on any atom is -0.464 e. The molecule has 2 aromatic heterocycles. The number of amides is 1. The second kappa shape index (κ2) is 9.73. The summed E-state index contributed by atoms with van der Waals surface area (Å²) in [6.07, 6.45) is 1.24. The fraction of sp³-hybridized carbons (Fsp3) is 0.286. The van der Waals surface area contributed by atoms with Crippen LogP contribution in [-0.2, 0) is 27.4 Å². The molecule has 1 aromatic carbocycles. The first-order chi connectivity index (χ1) is 15.5. The van der Waals surface area contributed by atoms with Crippen LogP contribution in [0.3, 0.4) is 0 Å². The van der Waals surface area contributed by atoms with Crippen molar-refractivity contribution in [2.45, 2.75) is 26.1 Å². The summed E-state index contributed by atoms with van der Waals surface area (Å²) in [5.74, 6) is 1.13. The van der Waals surface area contributed by atoms with E-state index in [1.54, 1.807) is 29.2 Å². The van der Waals surface area contributed by atoms with Crippen LogP contribution in [0.25, 0.3) is 10.4 Å². The number of rotatable bonds is 8. The van der Waals surface area contributed by atoms with E-state index in [1.165, 1.54) is 24.3 Å². The van der Waals surface area contributed by atoms with E-state index in [2.05, 4.69) is 26.0 Å². The van der Waals surface area contributed by atoms with E-state index in [9.17, 15) is 14.0 Å². The Labute approximate surface area is 187 Å². The van der Waals surface area contributed by atoms with Crippen molar-refractivity contribution < 1.29 is 18.7 Å². The molecule has 9 nitrogen and oxygen atoms in total. The Hall–Kier alpha value is -3.53. The molecular weight excluding hydrogens is 435 g/mol. The van der Waals surface area contributed by atoms with Gasteiger partial charge in [0.25, 0.3) is 5.88 Å². The Bertz CT molecular complexity index is 1140. The Balaban J connectivity index is 1.42. The number of carbonyl (C=O) groups excluding carboxylic acids is 2. The van der Waals surface area contributed by atoms with Gasteiger partial charge in [-0.15, -0.1) is 11.3 Å². The maximum absolute atomic E-state index is 15.0. The topological polar surface area (TPSA) is 112 Å². The molecule has 1 amide bonds. The number of anilines is 1. The third kappa shape index (κ3) is 5.02. The van der Waals surface area contributed by atoms with Gasteiger partial charge < -0.3 is 15.4 Å². The number of aromatic nitrogens is 3. The zero-order valence-electron chi connectivity index (χ0n) is 17.2. The molecule has 1 saturated heterocycles. The first kappa shape index (κ1) is 21.7. The van der Waals surface area contributed by atoms with Crippen molar-refractivity contribution in [1.82, 2.24) is 26.0 Å². The van der Waals surface area contributed by atoms with Crippen molar-refractivity contribution in [3.63, 3.8) is 0 Å². The number of aromatic amines is 1. The van der Waals surface area contributed by atoms with Crippen LogP contribution >= 0.6 is 11.3 Å². The highest BCUT2D eigenvalue weighted by Gasteiger charge is 2.31. The lowest BCUT2D eigenvalue weighted by Gasteiger charge is -2.16. The van der Waals surface area contributed by atoms with Crippen molar-refractivity contribution in [2.24, 2.45) is 0 Å². The van der Waals surface area contributed by atoms with Crippen molar-refractivity contribution in [2.75, 3.05) is 18.0 Å². The summed E-state index contributed by atoms with van der Waals surface area (Å²) in [7, 11) is 0. The second-order valence-electron chi connectivity index (χ2n) is 7.19. The third-order valence-electron chi connectivity index (χ3n) is 4.84. The lowest BCUT2D eigenvalue weighted by molar-refractivity contribution is -0.119. The number of hydrogen-bond acceptors (Lipinski definition) is 8. The van der Waals surface area contributed by atoms with E-state index in [-0.39, 0.29) is 18.3 Å². The van der Waals surface area contributed by atoms with E-state index >= 15 is 0 Å². The van der Waals surface area contributed by atoms with Crippen LogP contribution in [0, 0.1) is 5.82 Å². The molecule has 0 unspecified atom stereocenters. The minimum absolute atomic E-state index is 0.0240. The molecule has 3 aromatic rings. The zero-order valence-corrected chi connectivity index (χ0v) is 18.0. The van der Waals surface area contributed by atoms with Gasteiger partial charge in [-0.25, -0.2) is 9.18 Å². The number of halogens is 1. The first-order valence-corrected chi connectivity index (χ1v) is 10.7. The fourth-order valence-corrected chi connectivity index (χ4v) is 4.33. The SMILES string of the molecule is CC(=O)NC[C@H]1CN(c2ccc(-c3ccc(CNCc4cn[nH]n4)s3)c(F)c2)C(=C=O)O1. The van der Waals surface area contributed by atoms with Gasteiger partial charge in [0.1, 0.15) is 11.9 Å². The molecular formula is C21H21FN6O3S. The number of thiophene rings is 1. The molecule has 1 atom stereocenters. The predicted molar refractivity (Wildman–Crippen MR) is 117 cm³/mol. The van der Waals surface area contributed by atoms with Crippen LogP contribution in [0.1, 0.15) is 17.5 Å². The van der Waals surface area contributed by atoms with Crippen molar-refractivity contribution >= 4 is 28.9 Å². The molecule has 0 aliphatic carbocycles. The summed E-state index contributed by atoms with van der Waals surface area (Å²) in [6, 6.07) is 8.64. The summed E-state index contributed by atoms with van der Waals surface area (Å²) in [5, 5.41) is 16.2. The summed E-state index contributed by atoms with van der Waals surface area (Å²) < 4.78 is 20.5. The lowest BCUT2D eigenvalue weighted by Crippen LogP contribution is -2.33.